The fourth-order valence-electron chi connectivity index (χ4n) is 2.38. The van der Waals surface area contributed by atoms with E-state index in [0.29, 0.717) is 18.3 Å². The van der Waals surface area contributed by atoms with Gasteiger partial charge in [-0.1, -0.05) is 11.2 Å². The van der Waals surface area contributed by atoms with Crippen molar-refractivity contribution in [2.45, 2.75) is 12.6 Å². The summed E-state index contributed by atoms with van der Waals surface area (Å²) in [6, 6.07) is 5.63. The van der Waals surface area contributed by atoms with Crippen LogP contribution >= 0.6 is 0 Å². The number of likely N-dealkylation sites (N-methyl/N-ethyl adjacent to an activating group) is 1. The van der Waals surface area contributed by atoms with Crippen molar-refractivity contribution in [1.82, 2.24) is 25.3 Å². The molecule has 7 heteroatoms. The van der Waals surface area contributed by atoms with Crippen molar-refractivity contribution in [1.29, 1.82) is 0 Å². The van der Waals surface area contributed by atoms with Crippen LogP contribution in [0.3, 0.4) is 0 Å². The third-order valence-corrected chi connectivity index (χ3v) is 3.38. The Hall–Kier alpha value is -1.83. The number of nitrogens with zero attached hydrogens (tertiary/aromatic N) is 4. The van der Waals surface area contributed by atoms with Crippen molar-refractivity contribution in [3.8, 4) is 11.5 Å². The van der Waals surface area contributed by atoms with Gasteiger partial charge in [-0.3, -0.25) is 9.88 Å². The first-order valence-corrected chi connectivity index (χ1v) is 7.07. The topological polar surface area (TPSA) is 76.3 Å². The molecule has 112 valence electrons. The highest BCUT2D eigenvalue weighted by molar-refractivity contribution is 5.46. The van der Waals surface area contributed by atoms with Crippen LogP contribution in [0.4, 0.5) is 0 Å². The lowest BCUT2D eigenvalue weighted by molar-refractivity contribution is -0.0318. The molecule has 1 saturated heterocycles. The molecule has 2 aromatic rings. The average molecular weight is 289 g/mol. The summed E-state index contributed by atoms with van der Waals surface area (Å²) in [5, 5.41) is 7.12. The summed E-state index contributed by atoms with van der Waals surface area (Å²) in [5.41, 5.74) is 0.725. The van der Waals surface area contributed by atoms with Crippen LogP contribution in [0.25, 0.3) is 11.5 Å². The number of hydrogen-bond donors (Lipinski definition) is 1. The molecule has 2 aromatic heterocycles. The first-order chi connectivity index (χ1) is 10.3. The Balaban J connectivity index is 1.62. The molecule has 1 unspecified atom stereocenters. The molecule has 1 N–H and O–H groups in total. The molecule has 3 rings (SSSR count). The van der Waals surface area contributed by atoms with E-state index in [1.807, 2.05) is 25.2 Å². The Morgan fingerprint density at radius 2 is 2.38 bits per heavy atom. The van der Waals surface area contributed by atoms with Crippen LogP contribution in [0.1, 0.15) is 5.89 Å². The Kier molecular flexibility index (Phi) is 4.54. The summed E-state index contributed by atoms with van der Waals surface area (Å²) >= 11 is 0. The standard InChI is InChI=1S/C14H19N5O2/c1-15-8-11-9-19(6-7-20-11)10-13-17-14(18-21-13)12-4-2-3-5-16-12/h2-5,11,15H,6-10H2,1H3. The van der Waals surface area contributed by atoms with Gasteiger partial charge in [0.15, 0.2) is 0 Å². The van der Waals surface area contributed by atoms with E-state index in [1.165, 1.54) is 0 Å². The molecule has 7 nitrogen and oxygen atoms in total. The number of rotatable bonds is 5. The highest BCUT2D eigenvalue weighted by atomic mass is 16.5. The van der Waals surface area contributed by atoms with E-state index in [4.69, 9.17) is 9.26 Å². The normalized spacial score (nSPS) is 19.8. The fourth-order valence-corrected chi connectivity index (χ4v) is 2.38. The summed E-state index contributed by atoms with van der Waals surface area (Å²) in [6.45, 7) is 3.96. The second kappa shape index (κ2) is 6.75. The zero-order valence-corrected chi connectivity index (χ0v) is 12.0. The van der Waals surface area contributed by atoms with Gasteiger partial charge in [0.25, 0.3) is 0 Å². The molecule has 0 aliphatic carbocycles. The van der Waals surface area contributed by atoms with Gasteiger partial charge in [-0.2, -0.15) is 4.98 Å². The first-order valence-electron chi connectivity index (χ1n) is 7.07. The van der Waals surface area contributed by atoms with Gasteiger partial charge in [0.2, 0.25) is 11.7 Å². The Labute approximate surface area is 123 Å². The Morgan fingerprint density at radius 3 is 3.19 bits per heavy atom. The summed E-state index contributed by atoms with van der Waals surface area (Å²) in [4.78, 5) is 10.9. The van der Waals surface area contributed by atoms with Crippen LogP contribution in [0.5, 0.6) is 0 Å². The molecule has 21 heavy (non-hydrogen) atoms. The van der Waals surface area contributed by atoms with Gasteiger partial charge in [0.05, 0.1) is 19.3 Å². The molecule has 1 fully saturated rings. The maximum Gasteiger partial charge on any atom is 0.241 e. The second-order valence-electron chi connectivity index (χ2n) is 5.01. The summed E-state index contributed by atoms with van der Waals surface area (Å²) in [7, 11) is 1.93. The maximum atomic E-state index is 5.68. The zero-order valence-electron chi connectivity index (χ0n) is 12.0. The summed E-state index contributed by atoms with van der Waals surface area (Å²) < 4.78 is 11.0. The third-order valence-electron chi connectivity index (χ3n) is 3.38. The van der Waals surface area contributed by atoms with Crippen molar-refractivity contribution in [2.75, 3.05) is 33.3 Å². The van der Waals surface area contributed by atoms with Crippen LogP contribution in [0.2, 0.25) is 0 Å². The quantitative estimate of drug-likeness (QED) is 0.861. The van der Waals surface area contributed by atoms with Gasteiger partial charge in [-0.25, -0.2) is 0 Å². The molecule has 1 aliphatic heterocycles. The fraction of sp³-hybridized carbons (Fsp3) is 0.500. The van der Waals surface area contributed by atoms with Gasteiger partial charge in [0.1, 0.15) is 5.69 Å². The van der Waals surface area contributed by atoms with E-state index >= 15 is 0 Å². The minimum Gasteiger partial charge on any atom is -0.374 e. The monoisotopic (exact) mass is 289 g/mol. The van der Waals surface area contributed by atoms with Crippen LogP contribution in [0.15, 0.2) is 28.9 Å². The van der Waals surface area contributed by atoms with Crippen LogP contribution in [-0.2, 0) is 11.3 Å². The molecule has 3 heterocycles. The second-order valence-corrected chi connectivity index (χ2v) is 5.01. The van der Waals surface area contributed by atoms with Gasteiger partial charge < -0.3 is 14.6 Å². The predicted octanol–water partition coefficient (Wildman–Crippen LogP) is 0.552. The minimum absolute atomic E-state index is 0.210. The van der Waals surface area contributed by atoms with Gasteiger partial charge in [-0.05, 0) is 19.2 Å². The summed E-state index contributed by atoms with van der Waals surface area (Å²) in [6.07, 6.45) is 1.93. The highest BCUT2D eigenvalue weighted by Gasteiger charge is 2.22. The van der Waals surface area contributed by atoms with Crippen LogP contribution in [-0.4, -0.2) is 59.4 Å². The van der Waals surface area contributed by atoms with Crippen LogP contribution < -0.4 is 5.32 Å². The number of hydrogen-bond acceptors (Lipinski definition) is 7. The van der Waals surface area contributed by atoms with Crippen molar-refractivity contribution in [2.24, 2.45) is 0 Å². The zero-order chi connectivity index (χ0) is 14.5. The lowest BCUT2D eigenvalue weighted by Gasteiger charge is -2.31. The van der Waals surface area contributed by atoms with Crippen LogP contribution in [0, 0.1) is 0 Å². The van der Waals surface area contributed by atoms with E-state index in [9.17, 15) is 0 Å². The minimum atomic E-state index is 0.210. The predicted molar refractivity (Wildman–Crippen MR) is 76.5 cm³/mol. The Bertz CT molecular complexity index is 558. The molecule has 1 atom stereocenters. The van der Waals surface area contributed by atoms with E-state index in [2.05, 4.69) is 25.3 Å². The molecular formula is C14H19N5O2. The largest absolute Gasteiger partial charge is 0.374 e. The van der Waals surface area contributed by atoms with Gasteiger partial charge >= 0.3 is 0 Å². The highest BCUT2D eigenvalue weighted by Crippen LogP contribution is 2.14. The number of morpholine rings is 1. The van der Waals surface area contributed by atoms with E-state index in [1.54, 1.807) is 6.20 Å². The van der Waals surface area contributed by atoms with Crippen molar-refractivity contribution < 1.29 is 9.26 Å². The summed E-state index contributed by atoms with van der Waals surface area (Å²) in [5.74, 6) is 1.14. The molecule has 0 saturated carbocycles. The molecular weight excluding hydrogens is 270 g/mol. The smallest absolute Gasteiger partial charge is 0.241 e. The first kappa shape index (κ1) is 14.1. The molecule has 0 radical (unpaired) electrons. The van der Waals surface area contributed by atoms with E-state index in [0.717, 1.165) is 31.9 Å². The van der Waals surface area contributed by atoms with Crippen molar-refractivity contribution >= 4 is 0 Å². The number of aromatic nitrogens is 3. The van der Waals surface area contributed by atoms with Crippen molar-refractivity contribution in [3.63, 3.8) is 0 Å². The SMILES string of the molecule is CNCC1CN(Cc2nc(-c3ccccn3)no2)CCO1. The van der Waals surface area contributed by atoms with E-state index < -0.39 is 0 Å². The van der Waals surface area contributed by atoms with Crippen molar-refractivity contribution in [3.05, 3.63) is 30.3 Å². The lowest BCUT2D eigenvalue weighted by Crippen LogP contribution is -2.45. The molecule has 1 aliphatic rings. The molecule has 0 spiro atoms. The number of ether oxygens (including phenoxy) is 1. The molecule has 0 amide bonds. The van der Waals surface area contributed by atoms with E-state index in [-0.39, 0.29) is 6.10 Å². The lowest BCUT2D eigenvalue weighted by atomic mass is 10.2. The molecule has 0 bridgehead atoms. The number of nitrogens with one attached hydrogen (secondary N) is 1. The third kappa shape index (κ3) is 3.63. The van der Waals surface area contributed by atoms with Gasteiger partial charge in [-0.15, -0.1) is 0 Å². The average Bonchev–Trinajstić information content (AvgIpc) is 2.97. The maximum absolute atomic E-state index is 5.68. The molecule has 0 aromatic carbocycles. The van der Waals surface area contributed by atoms with Gasteiger partial charge in [0, 0.05) is 25.8 Å². The number of pyridine rings is 1. The Morgan fingerprint density at radius 1 is 1.43 bits per heavy atom.